The van der Waals surface area contributed by atoms with Crippen molar-refractivity contribution in [1.29, 1.82) is 0 Å². The molecule has 2 saturated heterocycles. The lowest BCUT2D eigenvalue weighted by Crippen LogP contribution is -2.49. The fraction of sp³-hybridized carbons (Fsp3) is 0.821. The van der Waals surface area contributed by atoms with Gasteiger partial charge in [0.15, 0.2) is 17.7 Å². The molecule has 10 nitrogen and oxygen atoms in total. The first-order chi connectivity index (χ1) is 18.4. The molecule has 5 atom stereocenters. The summed E-state index contributed by atoms with van der Waals surface area (Å²) in [4.78, 5) is 13.1. The molecule has 2 aromatic heterocycles. The number of nitrogen functional groups attached to an aromatic ring is 1. The second-order valence-electron chi connectivity index (χ2n) is 14.0. The number of fused-ring (bicyclic) bond motifs is 1. The molecular weight excluding hydrogens is 543 g/mol. The van der Waals surface area contributed by atoms with E-state index in [1.165, 1.54) is 6.33 Å². The molecule has 2 radical (unpaired) electrons. The van der Waals surface area contributed by atoms with Gasteiger partial charge in [-0.2, -0.15) is 0 Å². The molecular formula is C28H49N5O5Si2. The molecule has 1 spiro atoms. The van der Waals surface area contributed by atoms with Crippen LogP contribution in [0.4, 0.5) is 5.82 Å². The minimum atomic E-state index is -2.16. The molecule has 40 heavy (non-hydrogen) atoms. The number of nitrogens with two attached hydrogens (primary N) is 1. The highest BCUT2D eigenvalue weighted by Crippen LogP contribution is 2.53. The number of rotatable bonds is 10. The molecule has 224 valence electrons. The zero-order valence-corrected chi connectivity index (χ0v) is 28.3. The molecule has 2 fully saturated rings. The highest BCUT2D eigenvalue weighted by atomic mass is 28.4. The SMILES string of the molecule is CC(C)[Si](OCO[C@H]1[C@H](n2cnc3c(N)ncnc32)O[C@@]2([Si]C2OC(C)(C)C)[C@H]1OC(C)(C)C)(C(C)C)C(C)C. The predicted molar refractivity (Wildman–Crippen MR) is 159 cm³/mol. The van der Waals surface area contributed by atoms with Crippen LogP contribution in [0.1, 0.15) is 89.3 Å². The molecule has 4 heterocycles. The van der Waals surface area contributed by atoms with E-state index < -0.39 is 37.6 Å². The monoisotopic (exact) mass is 591 g/mol. The summed E-state index contributed by atoms with van der Waals surface area (Å²) in [6, 6.07) is 0. The number of hydrogen-bond acceptors (Lipinski definition) is 9. The van der Waals surface area contributed by atoms with Gasteiger partial charge in [0, 0.05) is 0 Å². The van der Waals surface area contributed by atoms with Crippen molar-refractivity contribution in [2.24, 2.45) is 0 Å². The molecule has 0 amide bonds. The number of aromatic nitrogens is 4. The Kier molecular flexibility index (Phi) is 8.68. The molecule has 1 unspecified atom stereocenters. The maximum atomic E-state index is 6.92. The summed E-state index contributed by atoms with van der Waals surface area (Å²) in [5, 5.41) is -0.645. The fourth-order valence-electron chi connectivity index (χ4n) is 6.38. The van der Waals surface area contributed by atoms with Gasteiger partial charge in [0.25, 0.3) is 0 Å². The Morgan fingerprint density at radius 2 is 1.57 bits per heavy atom. The number of nitrogens with zero attached hydrogens (tertiary/aromatic N) is 4. The minimum Gasteiger partial charge on any atom is -0.394 e. The summed E-state index contributed by atoms with van der Waals surface area (Å²) < 4.78 is 35.6. The third-order valence-corrected chi connectivity index (χ3v) is 15.5. The molecule has 4 rings (SSSR count). The minimum absolute atomic E-state index is 0.109. The summed E-state index contributed by atoms with van der Waals surface area (Å²) in [6.07, 6.45) is 1.69. The Morgan fingerprint density at radius 3 is 2.12 bits per heavy atom. The summed E-state index contributed by atoms with van der Waals surface area (Å²) in [5.74, 6) is 0.323. The van der Waals surface area contributed by atoms with Crippen molar-refractivity contribution in [3.63, 3.8) is 0 Å². The van der Waals surface area contributed by atoms with Crippen molar-refractivity contribution in [2.75, 3.05) is 12.5 Å². The van der Waals surface area contributed by atoms with Gasteiger partial charge in [0.05, 0.1) is 23.3 Å². The molecule has 0 bridgehead atoms. The molecule has 2 N–H and O–H groups in total. The Bertz CT molecular complexity index is 1160. The van der Waals surface area contributed by atoms with Crippen LogP contribution < -0.4 is 5.73 Å². The van der Waals surface area contributed by atoms with E-state index >= 15 is 0 Å². The van der Waals surface area contributed by atoms with Crippen LogP contribution in [0.15, 0.2) is 12.7 Å². The van der Waals surface area contributed by atoms with Crippen LogP contribution >= 0.6 is 0 Å². The quantitative estimate of drug-likeness (QED) is 0.294. The number of ether oxygens (including phenoxy) is 4. The Balaban J connectivity index is 1.73. The second kappa shape index (κ2) is 11.0. The molecule has 2 aliphatic heterocycles. The van der Waals surface area contributed by atoms with Crippen LogP contribution in [-0.2, 0) is 23.4 Å². The van der Waals surface area contributed by atoms with Gasteiger partial charge in [-0.25, -0.2) is 15.0 Å². The van der Waals surface area contributed by atoms with Crippen LogP contribution in [0.25, 0.3) is 11.2 Å². The van der Waals surface area contributed by atoms with Crippen molar-refractivity contribution in [2.45, 2.75) is 140 Å². The fourth-order valence-corrected chi connectivity index (χ4v) is 13.3. The predicted octanol–water partition coefficient (Wildman–Crippen LogP) is 5.21. The zero-order chi connectivity index (χ0) is 29.8. The highest BCUT2D eigenvalue weighted by Gasteiger charge is 2.73. The standard InChI is InChI=1S/C28H49N5O5Si2/c1-16(2)40(17(3)4,18(5)6)35-15-34-20-21(36-26(7,8)9)28(25(39-28)38-27(10,11)12)37-24(20)33-14-32-19-22(29)30-13-31-23(19)33/h13-14,16-18,20-21,24-25H,15H2,1-12H3,(H2,29,30,31)/t20-,21+,24-,25?,28-/m1/s1. The Hall–Kier alpha value is -1.42. The van der Waals surface area contributed by atoms with Crippen LogP contribution in [0.2, 0.25) is 16.6 Å². The highest BCUT2D eigenvalue weighted by molar-refractivity contribution is 6.77. The number of anilines is 1. The van der Waals surface area contributed by atoms with Gasteiger partial charge in [-0.05, 0) is 58.2 Å². The normalized spacial score (nSPS) is 27.7. The van der Waals surface area contributed by atoms with Gasteiger partial charge in [-0.15, -0.1) is 0 Å². The zero-order valence-electron chi connectivity index (χ0n) is 26.3. The lowest BCUT2D eigenvalue weighted by molar-refractivity contribution is -0.158. The van der Waals surface area contributed by atoms with Gasteiger partial charge < -0.3 is 29.1 Å². The van der Waals surface area contributed by atoms with Gasteiger partial charge >= 0.3 is 0 Å². The lowest BCUT2D eigenvalue weighted by atomic mass is 10.1. The van der Waals surface area contributed by atoms with E-state index in [0.29, 0.717) is 43.1 Å². The Labute approximate surface area is 243 Å². The van der Waals surface area contributed by atoms with Crippen molar-refractivity contribution >= 4 is 34.8 Å². The van der Waals surface area contributed by atoms with Gasteiger partial charge in [-0.3, -0.25) is 4.57 Å². The molecule has 2 aromatic rings. The van der Waals surface area contributed by atoms with Gasteiger partial charge in [0.1, 0.15) is 45.6 Å². The van der Waals surface area contributed by atoms with Crippen LogP contribution in [-0.4, -0.2) is 78.5 Å². The summed E-state index contributed by atoms with van der Waals surface area (Å²) in [6.45, 7) is 26.2. The van der Waals surface area contributed by atoms with Crippen LogP contribution in [0.3, 0.4) is 0 Å². The lowest BCUT2D eigenvalue weighted by Gasteiger charge is -2.42. The average Bonchev–Trinajstić information content (AvgIpc) is 3.15. The van der Waals surface area contributed by atoms with E-state index in [-0.39, 0.29) is 18.1 Å². The second-order valence-corrected chi connectivity index (χ2v) is 21.1. The first-order valence-corrected chi connectivity index (χ1v) is 17.6. The molecule has 2 aliphatic rings. The summed E-state index contributed by atoms with van der Waals surface area (Å²) in [7, 11) is -1.76. The maximum Gasteiger partial charge on any atom is 0.203 e. The average molecular weight is 592 g/mol. The van der Waals surface area contributed by atoms with Gasteiger partial charge in [-0.1, -0.05) is 41.5 Å². The summed E-state index contributed by atoms with van der Waals surface area (Å²) in [5.41, 5.74) is 7.68. The first kappa shape index (κ1) is 31.5. The van der Waals surface area contributed by atoms with Crippen LogP contribution in [0.5, 0.6) is 0 Å². The van der Waals surface area contributed by atoms with Crippen molar-refractivity contribution in [3.05, 3.63) is 12.7 Å². The van der Waals surface area contributed by atoms with Crippen molar-refractivity contribution in [1.82, 2.24) is 19.5 Å². The van der Waals surface area contributed by atoms with E-state index in [0.717, 1.165) is 0 Å². The van der Waals surface area contributed by atoms with E-state index in [1.54, 1.807) is 6.33 Å². The maximum absolute atomic E-state index is 6.92. The van der Waals surface area contributed by atoms with E-state index in [4.69, 9.17) is 29.1 Å². The smallest absolute Gasteiger partial charge is 0.203 e. The largest absolute Gasteiger partial charge is 0.394 e. The van der Waals surface area contributed by atoms with Crippen molar-refractivity contribution in [3.8, 4) is 0 Å². The molecule has 12 heteroatoms. The van der Waals surface area contributed by atoms with Crippen LogP contribution in [0, 0.1) is 0 Å². The first-order valence-electron chi connectivity index (χ1n) is 14.4. The third-order valence-electron chi connectivity index (χ3n) is 7.87. The molecule has 0 aromatic carbocycles. The summed E-state index contributed by atoms with van der Waals surface area (Å²) >= 11 is 0. The third kappa shape index (κ3) is 5.90. The molecule has 0 aliphatic carbocycles. The number of hydrogen-bond donors (Lipinski definition) is 1. The molecule has 0 saturated carbocycles. The number of imidazole rings is 1. The van der Waals surface area contributed by atoms with E-state index in [9.17, 15) is 0 Å². The van der Waals surface area contributed by atoms with E-state index in [2.05, 4.69) is 98.0 Å². The van der Waals surface area contributed by atoms with Gasteiger partial charge in [0.2, 0.25) is 8.32 Å². The van der Waals surface area contributed by atoms with Crippen molar-refractivity contribution < 1.29 is 23.4 Å². The van der Waals surface area contributed by atoms with E-state index in [1.807, 2.05) is 4.57 Å². The Morgan fingerprint density at radius 1 is 0.975 bits per heavy atom. The topological polar surface area (TPSA) is 116 Å².